The minimum Gasteiger partial charge on any atom is -0.372 e. The van der Waals surface area contributed by atoms with E-state index >= 15 is 0 Å². The van der Waals surface area contributed by atoms with Gasteiger partial charge in [0.15, 0.2) is 5.82 Å². The van der Waals surface area contributed by atoms with Gasteiger partial charge in [-0.15, -0.1) is 0 Å². The maximum Gasteiger partial charge on any atom is 0.156 e. The number of aldehydes is 1. The van der Waals surface area contributed by atoms with Crippen molar-refractivity contribution in [3.8, 4) is 11.5 Å². The van der Waals surface area contributed by atoms with Crippen molar-refractivity contribution in [3.05, 3.63) is 60.2 Å². The number of hydrogen-bond donors (Lipinski definition) is 3. The third-order valence-corrected chi connectivity index (χ3v) is 5.38. The molecule has 8 nitrogen and oxygen atoms in total. The minimum atomic E-state index is 0.743. The van der Waals surface area contributed by atoms with E-state index in [1.165, 1.54) is 5.69 Å². The van der Waals surface area contributed by atoms with Crippen LogP contribution in [0.3, 0.4) is 0 Å². The van der Waals surface area contributed by atoms with Crippen LogP contribution in [0.2, 0.25) is 0 Å². The molecule has 1 aliphatic heterocycles. The van der Waals surface area contributed by atoms with E-state index in [0.717, 1.165) is 66.4 Å². The quantitative estimate of drug-likeness (QED) is 0.442. The van der Waals surface area contributed by atoms with Crippen LogP contribution in [0, 0.1) is 0 Å². The lowest BCUT2D eigenvalue weighted by Gasteiger charge is -2.34. The second-order valence-corrected chi connectivity index (χ2v) is 7.52. The molecule has 8 heteroatoms. The second-order valence-electron chi connectivity index (χ2n) is 7.52. The van der Waals surface area contributed by atoms with Gasteiger partial charge in [-0.25, -0.2) is 4.98 Å². The third-order valence-electron chi connectivity index (χ3n) is 5.38. The maximum absolute atomic E-state index is 10.5. The predicted molar refractivity (Wildman–Crippen MR) is 125 cm³/mol. The molecule has 2 aromatic carbocycles. The maximum atomic E-state index is 10.5. The van der Waals surface area contributed by atoms with Crippen LogP contribution in [0.1, 0.15) is 10.4 Å². The Morgan fingerprint density at radius 2 is 1.77 bits per heavy atom. The standard InChI is InChI=1S/C12H16N2O.C11H11N5/c1-13-6-8-14(9-7-13)12-4-2-11(10-15)3-5-12;1-12-10-6-9(15-16-10)11-13-7-4-2-3-5-8(7)14-11/h2-5,10H,6-9H2,1H3;2-6H,1H3,(H,13,14)(H2,12,15,16). The fourth-order valence-corrected chi connectivity index (χ4v) is 3.48. The van der Waals surface area contributed by atoms with Gasteiger partial charge in [0.1, 0.15) is 17.8 Å². The number of benzene rings is 2. The predicted octanol–water partition coefficient (Wildman–Crippen LogP) is 3.25. The Bertz CT molecular complexity index is 1090. The van der Waals surface area contributed by atoms with Gasteiger partial charge < -0.3 is 20.1 Å². The van der Waals surface area contributed by atoms with Crippen molar-refractivity contribution in [2.75, 3.05) is 50.5 Å². The van der Waals surface area contributed by atoms with Crippen LogP contribution >= 0.6 is 0 Å². The summed E-state index contributed by atoms with van der Waals surface area (Å²) in [7, 11) is 3.98. The van der Waals surface area contributed by atoms with E-state index in [0.29, 0.717) is 0 Å². The number of fused-ring (bicyclic) bond motifs is 1. The monoisotopic (exact) mass is 417 g/mol. The highest BCUT2D eigenvalue weighted by molar-refractivity contribution is 5.79. The van der Waals surface area contributed by atoms with Crippen LogP contribution in [-0.4, -0.2) is 71.6 Å². The lowest BCUT2D eigenvalue weighted by molar-refractivity contribution is 0.112. The van der Waals surface area contributed by atoms with Crippen molar-refractivity contribution >= 4 is 28.8 Å². The van der Waals surface area contributed by atoms with E-state index < -0.39 is 0 Å². The molecule has 0 amide bonds. The van der Waals surface area contributed by atoms with Crippen molar-refractivity contribution < 1.29 is 4.79 Å². The smallest absolute Gasteiger partial charge is 0.156 e. The topological polar surface area (TPSA) is 92.9 Å². The molecule has 0 aliphatic carbocycles. The van der Waals surface area contributed by atoms with E-state index in [4.69, 9.17) is 0 Å². The highest BCUT2D eigenvalue weighted by atomic mass is 16.1. The number of imidazole rings is 1. The molecule has 31 heavy (non-hydrogen) atoms. The van der Waals surface area contributed by atoms with E-state index in [1.54, 1.807) is 0 Å². The number of likely N-dealkylation sites (N-methyl/N-ethyl adjacent to an activating group) is 1. The molecule has 3 N–H and O–H groups in total. The summed E-state index contributed by atoms with van der Waals surface area (Å²) < 4.78 is 0. The fourth-order valence-electron chi connectivity index (χ4n) is 3.48. The van der Waals surface area contributed by atoms with Gasteiger partial charge in [-0.2, -0.15) is 5.10 Å². The normalized spacial score (nSPS) is 14.2. The van der Waals surface area contributed by atoms with Crippen LogP contribution in [-0.2, 0) is 0 Å². The van der Waals surface area contributed by atoms with Crippen molar-refractivity contribution in [2.24, 2.45) is 0 Å². The number of carbonyl (C=O) groups excluding carboxylic acids is 1. The fraction of sp³-hybridized carbons (Fsp3) is 0.261. The van der Waals surface area contributed by atoms with Crippen molar-refractivity contribution in [3.63, 3.8) is 0 Å². The summed E-state index contributed by atoms with van der Waals surface area (Å²) >= 11 is 0. The average Bonchev–Trinajstić information content (AvgIpc) is 3.47. The highest BCUT2D eigenvalue weighted by Crippen LogP contribution is 2.20. The summed E-state index contributed by atoms with van der Waals surface area (Å²) in [4.78, 5) is 22.9. The van der Waals surface area contributed by atoms with E-state index in [2.05, 4.69) is 42.3 Å². The van der Waals surface area contributed by atoms with E-state index in [1.807, 2.05) is 61.6 Å². The summed E-state index contributed by atoms with van der Waals surface area (Å²) in [5.74, 6) is 1.60. The summed E-state index contributed by atoms with van der Waals surface area (Å²) in [5, 5.41) is 9.98. The number of nitrogens with one attached hydrogen (secondary N) is 3. The van der Waals surface area contributed by atoms with Gasteiger partial charge in [0.25, 0.3) is 0 Å². The molecular formula is C23H27N7O. The number of H-pyrrole nitrogens is 2. The Morgan fingerprint density at radius 3 is 2.42 bits per heavy atom. The van der Waals surface area contributed by atoms with Gasteiger partial charge in [-0.1, -0.05) is 12.1 Å². The molecule has 5 rings (SSSR count). The van der Waals surface area contributed by atoms with Gasteiger partial charge in [0, 0.05) is 50.5 Å². The Morgan fingerprint density at radius 1 is 1.03 bits per heavy atom. The number of aromatic amines is 2. The molecule has 0 saturated carbocycles. The number of para-hydroxylation sites is 2. The molecule has 3 heterocycles. The lowest BCUT2D eigenvalue weighted by atomic mass is 10.2. The molecule has 0 atom stereocenters. The summed E-state index contributed by atoms with van der Waals surface area (Å²) in [6, 6.07) is 17.6. The molecule has 1 aliphatic rings. The van der Waals surface area contributed by atoms with Gasteiger partial charge in [-0.05, 0) is 43.4 Å². The van der Waals surface area contributed by atoms with E-state index in [9.17, 15) is 4.79 Å². The lowest BCUT2D eigenvalue weighted by Crippen LogP contribution is -2.44. The van der Waals surface area contributed by atoms with Crippen molar-refractivity contribution in [1.29, 1.82) is 0 Å². The minimum absolute atomic E-state index is 0.743. The van der Waals surface area contributed by atoms with Crippen LogP contribution < -0.4 is 10.2 Å². The Hall–Kier alpha value is -3.65. The van der Waals surface area contributed by atoms with Gasteiger partial charge in [-0.3, -0.25) is 9.89 Å². The van der Waals surface area contributed by atoms with E-state index in [-0.39, 0.29) is 0 Å². The summed E-state index contributed by atoms with van der Waals surface area (Å²) in [6.45, 7) is 4.35. The highest BCUT2D eigenvalue weighted by Gasteiger charge is 2.13. The van der Waals surface area contributed by atoms with Crippen LogP contribution in [0.5, 0.6) is 0 Å². The zero-order chi connectivity index (χ0) is 21.6. The van der Waals surface area contributed by atoms with Crippen LogP contribution in [0.15, 0.2) is 54.6 Å². The molecule has 1 fully saturated rings. The van der Waals surface area contributed by atoms with Gasteiger partial charge in [0.05, 0.1) is 11.0 Å². The number of carbonyl (C=O) groups is 1. The molecule has 0 bridgehead atoms. The number of nitrogens with zero attached hydrogens (tertiary/aromatic N) is 4. The first kappa shape index (κ1) is 20.6. The summed E-state index contributed by atoms with van der Waals surface area (Å²) in [5.41, 5.74) is 4.82. The number of aromatic nitrogens is 4. The number of rotatable bonds is 4. The Labute approximate surface area is 181 Å². The van der Waals surface area contributed by atoms with Crippen molar-refractivity contribution in [2.45, 2.75) is 0 Å². The molecule has 0 radical (unpaired) electrons. The van der Waals surface area contributed by atoms with Gasteiger partial charge >= 0.3 is 0 Å². The average molecular weight is 418 g/mol. The zero-order valence-corrected chi connectivity index (χ0v) is 17.8. The van der Waals surface area contributed by atoms with Crippen molar-refractivity contribution in [1.82, 2.24) is 25.1 Å². The number of piperazine rings is 1. The molecule has 160 valence electrons. The first-order valence-corrected chi connectivity index (χ1v) is 10.3. The second kappa shape index (κ2) is 9.44. The molecule has 0 unspecified atom stereocenters. The largest absolute Gasteiger partial charge is 0.372 e. The SMILES string of the molecule is CN1CCN(c2ccc(C=O)cc2)CC1.CNc1cc(-c2nc3ccccc3[nH]2)[nH]n1. The van der Waals surface area contributed by atoms with Gasteiger partial charge in [0.2, 0.25) is 0 Å². The third kappa shape index (κ3) is 4.92. The zero-order valence-electron chi connectivity index (χ0n) is 17.8. The molecule has 1 saturated heterocycles. The van der Waals surface area contributed by atoms with Crippen LogP contribution in [0.4, 0.5) is 11.5 Å². The molecule has 2 aromatic heterocycles. The molecule has 0 spiro atoms. The first-order valence-electron chi connectivity index (χ1n) is 10.3. The molecular weight excluding hydrogens is 390 g/mol. The summed E-state index contributed by atoms with van der Waals surface area (Å²) in [6.07, 6.45) is 0.883. The molecule has 4 aromatic rings. The number of anilines is 2. The van der Waals surface area contributed by atoms with Crippen LogP contribution in [0.25, 0.3) is 22.6 Å². The first-order chi connectivity index (χ1) is 15.2. The number of hydrogen-bond acceptors (Lipinski definition) is 6. The Balaban J connectivity index is 0.000000150. The Kier molecular flexibility index (Phi) is 6.28.